The highest BCUT2D eigenvalue weighted by atomic mass is 15.2. The van der Waals surface area contributed by atoms with Crippen LogP contribution in [0.2, 0.25) is 0 Å². The van der Waals surface area contributed by atoms with Crippen molar-refractivity contribution in [1.82, 2.24) is 0 Å². The number of nitrogens with zero attached hydrogens (tertiary/aromatic N) is 1. The fraction of sp³-hybridized carbons (Fsp3) is 0.153. The third-order valence-electron chi connectivity index (χ3n) is 13.2. The van der Waals surface area contributed by atoms with E-state index in [2.05, 4.69) is 225 Å². The van der Waals surface area contributed by atoms with Crippen LogP contribution in [-0.2, 0) is 5.41 Å². The molecule has 3 atom stereocenters. The molecule has 3 aliphatic carbocycles. The average Bonchev–Trinajstić information content (AvgIpc) is 3.32. The Labute approximate surface area is 360 Å². The summed E-state index contributed by atoms with van der Waals surface area (Å²) in [6, 6.07) is 55.4. The maximum absolute atomic E-state index is 7.21. The van der Waals surface area contributed by atoms with E-state index in [0.717, 1.165) is 42.6 Å². The smallest absolute Gasteiger partial charge is 0.108 e. The quantitative estimate of drug-likeness (QED) is 0.148. The summed E-state index contributed by atoms with van der Waals surface area (Å²) in [5.41, 5.74) is 22.0. The summed E-state index contributed by atoms with van der Waals surface area (Å²) in [6.45, 7) is 4.54. The van der Waals surface area contributed by atoms with Gasteiger partial charge in [-0.2, -0.15) is 0 Å². The second kappa shape index (κ2) is 16.4. The number of para-hydroxylation sites is 2. The number of benzene rings is 7. The first kappa shape index (κ1) is 38.5. The Kier molecular flexibility index (Phi) is 10.3. The van der Waals surface area contributed by atoms with E-state index in [1.807, 2.05) is 0 Å². The van der Waals surface area contributed by atoms with Crippen molar-refractivity contribution in [2.75, 3.05) is 4.90 Å². The molecule has 298 valence electrons. The standard InChI is InChI=1S/C59H52N2/c1-41-20-10-17-31-55(41)61(46-23-8-4-9-24-46)58(60)44-34-32-42(33-35-44)45-36-37-51-53(40-45)57(48-26-12-11-25-47(48)43-21-6-3-7-22-43)50-28-14-13-27-49(50)56(51)52-29-15-16-30-54(52)59(2)38-18-5-19-39-59/h3-12,15-24,26-38,40,47,58H,13-14,25,39,60H2,1-2H3/t47-,58?,59?/m1/s1. The number of anilines is 2. The first-order valence-electron chi connectivity index (χ1n) is 21.9. The maximum atomic E-state index is 7.21. The van der Waals surface area contributed by atoms with Crippen LogP contribution in [-0.4, -0.2) is 0 Å². The van der Waals surface area contributed by atoms with Gasteiger partial charge in [-0.3, -0.25) is 0 Å². The molecule has 0 bridgehead atoms. The number of rotatable bonds is 9. The molecular weight excluding hydrogens is 737 g/mol. The number of hydrogen-bond acceptors (Lipinski definition) is 2. The van der Waals surface area contributed by atoms with E-state index < -0.39 is 0 Å². The van der Waals surface area contributed by atoms with Crippen molar-refractivity contribution < 1.29 is 0 Å². The minimum Gasteiger partial charge on any atom is -0.321 e. The van der Waals surface area contributed by atoms with Crippen molar-refractivity contribution in [2.24, 2.45) is 5.73 Å². The molecule has 10 rings (SSSR count). The third kappa shape index (κ3) is 7.11. The Morgan fingerprint density at radius 2 is 1.33 bits per heavy atom. The summed E-state index contributed by atoms with van der Waals surface area (Å²) >= 11 is 0. The number of nitrogens with two attached hydrogens (primary N) is 1. The van der Waals surface area contributed by atoms with Crippen LogP contribution in [0, 0.1) is 6.92 Å². The fourth-order valence-corrected chi connectivity index (χ4v) is 10.1. The predicted molar refractivity (Wildman–Crippen MR) is 260 cm³/mol. The van der Waals surface area contributed by atoms with Crippen LogP contribution >= 0.6 is 0 Å². The van der Waals surface area contributed by atoms with Gasteiger partial charge in [0.2, 0.25) is 0 Å². The van der Waals surface area contributed by atoms with Crippen molar-refractivity contribution in [3.63, 3.8) is 0 Å². The number of allylic oxidation sites excluding steroid dienone is 8. The first-order chi connectivity index (χ1) is 30.0. The van der Waals surface area contributed by atoms with Gasteiger partial charge in [-0.05, 0) is 134 Å². The molecule has 0 spiro atoms. The molecule has 7 aromatic carbocycles. The lowest BCUT2D eigenvalue weighted by molar-refractivity contribution is 0.601. The van der Waals surface area contributed by atoms with Crippen LogP contribution < -0.4 is 21.1 Å². The molecule has 2 heteroatoms. The topological polar surface area (TPSA) is 29.3 Å². The number of fused-ring (bicyclic) bond motifs is 2. The normalized spacial score (nSPS) is 18.5. The Morgan fingerprint density at radius 3 is 2.08 bits per heavy atom. The number of hydrogen-bond donors (Lipinski definition) is 1. The van der Waals surface area contributed by atoms with Gasteiger partial charge in [0.1, 0.15) is 6.17 Å². The van der Waals surface area contributed by atoms with E-state index in [1.165, 1.54) is 71.3 Å². The Hall–Kier alpha value is -6.74. The Bertz CT molecular complexity index is 3000. The van der Waals surface area contributed by atoms with Gasteiger partial charge in [0.25, 0.3) is 0 Å². The molecule has 0 fully saturated rings. The van der Waals surface area contributed by atoms with Gasteiger partial charge >= 0.3 is 0 Å². The fourth-order valence-electron chi connectivity index (χ4n) is 10.1. The van der Waals surface area contributed by atoms with Crippen LogP contribution in [0.5, 0.6) is 0 Å². The highest BCUT2D eigenvalue weighted by Gasteiger charge is 2.30. The van der Waals surface area contributed by atoms with Crippen molar-refractivity contribution >= 4 is 39.9 Å². The monoisotopic (exact) mass is 788 g/mol. The molecule has 61 heavy (non-hydrogen) atoms. The van der Waals surface area contributed by atoms with Crippen LogP contribution in [0.4, 0.5) is 11.4 Å². The molecular formula is C59H52N2. The van der Waals surface area contributed by atoms with Gasteiger partial charge in [-0.1, -0.05) is 189 Å². The molecule has 0 heterocycles. The minimum absolute atomic E-state index is 0.103. The van der Waals surface area contributed by atoms with Crippen LogP contribution in [0.3, 0.4) is 0 Å². The summed E-state index contributed by atoms with van der Waals surface area (Å²) in [4.78, 5) is 2.25. The largest absolute Gasteiger partial charge is 0.321 e. The molecule has 7 aromatic rings. The molecule has 2 unspecified atom stereocenters. The Balaban J connectivity index is 1.16. The van der Waals surface area contributed by atoms with E-state index in [0.29, 0.717) is 0 Å². The van der Waals surface area contributed by atoms with Crippen molar-refractivity contribution in [2.45, 2.75) is 57.0 Å². The van der Waals surface area contributed by atoms with Crippen LogP contribution in [0.1, 0.15) is 72.5 Å². The first-order valence-corrected chi connectivity index (χ1v) is 21.9. The van der Waals surface area contributed by atoms with E-state index in [9.17, 15) is 0 Å². The number of aryl methyl sites for hydroxylation is 1. The second-order valence-corrected chi connectivity index (χ2v) is 17.1. The van der Waals surface area contributed by atoms with E-state index >= 15 is 0 Å². The van der Waals surface area contributed by atoms with Gasteiger partial charge < -0.3 is 10.6 Å². The molecule has 2 nitrogen and oxygen atoms in total. The molecule has 0 radical (unpaired) electrons. The van der Waals surface area contributed by atoms with Crippen molar-refractivity contribution in [3.05, 3.63) is 232 Å². The molecule has 3 aliphatic rings. The van der Waals surface area contributed by atoms with E-state index in [-0.39, 0.29) is 17.5 Å². The van der Waals surface area contributed by atoms with Crippen molar-refractivity contribution in [1.29, 1.82) is 0 Å². The summed E-state index contributed by atoms with van der Waals surface area (Å²) in [6.07, 6.45) is 24.8. The lowest BCUT2D eigenvalue weighted by Crippen LogP contribution is -2.34. The summed E-state index contributed by atoms with van der Waals surface area (Å²) in [5.74, 6) is 0.260. The molecule has 0 saturated carbocycles. The summed E-state index contributed by atoms with van der Waals surface area (Å²) in [7, 11) is 0. The molecule has 0 saturated heterocycles. The molecule has 0 aliphatic heterocycles. The summed E-state index contributed by atoms with van der Waals surface area (Å²) < 4.78 is 0. The van der Waals surface area contributed by atoms with Gasteiger partial charge in [-0.15, -0.1) is 0 Å². The highest BCUT2D eigenvalue weighted by Crippen LogP contribution is 2.44. The SMILES string of the molecule is Cc1ccccc1N(c1ccccc1)C(N)c1ccc(-c2ccc3c(-c4ccccc4C4(C)C=CC=CC4)c4c(c(C5=CC=CC[C@@H]5c5ccccc5)c3c2)=CCCC=4)cc1. The van der Waals surface area contributed by atoms with Crippen molar-refractivity contribution in [3.8, 4) is 22.3 Å². The molecule has 2 N–H and O–H groups in total. The van der Waals surface area contributed by atoms with Gasteiger partial charge in [-0.25, -0.2) is 0 Å². The lowest BCUT2D eigenvalue weighted by atomic mass is 9.72. The highest BCUT2D eigenvalue weighted by molar-refractivity contribution is 6.06. The van der Waals surface area contributed by atoms with Crippen LogP contribution in [0.15, 0.2) is 194 Å². The molecule has 0 amide bonds. The second-order valence-electron chi connectivity index (χ2n) is 17.1. The average molecular weight is 789 g/mol. The summed E-state index contributed by atoms with van der Waals surface area (Å²) in [5, 5.41) is 5.33. The molecule has 0 aromatic heterocycles. The van der Waals surface area contributed by atoms with Crippen LogP contribution in [0.25, 0.3) is 50.8 Å². The predicted octanol–water partition coefficient (Wildman–Crippen LogP) is 13.5. The van der Waals surface area contributed by atoms with Gasteiger partial charge in [0.05, 0.1) is 0 Å². The maximum Gasteiger partial charge on any atom is 0.108 e. The van der Waals surface area contributed by atoms with E-state index in [4.69, 9.17) is 5.73 Å². The zero-order chi connectivity index (χ0) is 41.3. The zero-order valence-electron chi connectivity index (χ0n) is 35.1. The zero-order valence-corrected chi connectivity index (χ0v) is 35.1. The lowest BCUT2D eigenvalue weighted by Gasteiger charge is -2.33. The van der Waals surface area contributed by atoms with Gasteiger partial charge in [0, 0.05) is 22.7 Å². The van der Waals surface area contributed by atoms with Gasteiger partial charge in [0.15, 0.2) is 0 Å². The Morgan fingerprint density at radius 1 is 0.639 bits per heavy atom. The minimum atomic E-state index is -0.376. The van der Waals surface area contributed by atoms with E-state index in [1.54, 1.807) is 0 Å². The third-order valence-corrected chi connectivity index (χ3v) is 13.2.